The molecule has 1 rings (SSSR count). The van der Waals surface area contributed by atoms with Crippen LogP contribution in [-0.4, -0.2) is 46.0 Å². The number of urea groups is 1. The van der Waals surface area contributed by atoms with Crippen molar-refractivity contribution >= 4 is 23.7 Å². The first kappa shape index (κ1) is 13.7. The van der Waals surface area contributed by atoms with Gasteiger partial charge in [-0.25, -0.2) is 4.79 Å². The normalized spacial score (nSPS) is 24.7. The van der Waals surface area contributed by atoms with E-state index < -0.39 is 29.4 Å². The maximum atomic E-state index is 13.0. The SMILES string of the molecule is NC(=O)C(F)=CN(C(N)=O)[C@@H]1CS[C@H](CO)O1. The molecule has 17 heavy (non-hydrogen) atoms. The lowest BCUT2D eigenvalue weighted by atomic mass is 10.4. The van der Waals surface area contributed by atoms with Gasteiger partial charge in [0.05, 0.1) is 12.8 Å². The summed E-state index contributed by atoms with van der Waals surface area (Å²) < 4.78 is 18.2. The minimum Gasteiger partial charge on any atom is -0.393 e. The number of halogens is 1. The van der Waals surface area contributed by atoms with Crippen molar-refractivity contribution in [1.29, 1.82) is 0 Å². The summed E-state index contributed by atoms with van der Waals surface area (Å²) in [5.74, 6) is -2.30. The standard InChI is InChI=1S/C8H12FN3O4S/c9-4(7(10)14)1-12(8(11)15)5-3-17-6(2-13)16-5/h1,5-6,13H,2-3H2,(H2,10,14)(H2,11,15)/t5-,6+/m0/s1. The van der Waals surface area contributed by atoms with E-state index in [1.807, 2.05) is 0 Å². The molecular formula is C8H12FN3O4S. The second-order valence-corrected chi connectivity index (χ2v) is 4.32. The van der Waals surface area contributed by atoms with Gasteiger partial charge in [0.15, 0.2) is 0 Å². The summed E-state index contributed by atoms with van der Waals surface area (Å²) in [6.45, 7) is -0.240. The number of aliphatic hydroxyl groups excluding tert-OH is 1. The Labute approximate surface area is 101 Å². The van der Waals surface area contributed by atoms with Gasteiger partial charge >= 0.3 is 6.03 Å². The van der Waals surface area contributed by atoms with E-state index in [2.05, 4.69) is 5.73 Å². The molecule has 0 aromatic heterocycles. The molecule has 0 radical (unpaired) electrons. The van der Waals surface area contributed by atoms with E-state index in [9.17, 15) is 14.0 Å². The Hall–Kier alpha value is -1.32. The van der Waals surface area contributed by atoms with Crippen molar-refractivity contribution in [3.8, 4) is 0 Å². The number of hydrogen-bond acceptors (Lipinski definition) is 5. The van der Waals surface area contributed by atoms with E-state index in [-0.39, 0.29) is 6.61 Å². The summed E-state index contributed by atoms with van der Waals surface area (Å²) in [6.07, 6.45) is -0.241. The average Bonchev–Trinajstić information content (AvgIpc) is 2.72. The zero-order valence-electron chi connectivity index (χ0n) is 8.71. The largest absolute Gasteiger partial charge is 0.393 e. The van der Waals surface area contributed by atoms with Crippen LogP contribution in [0.3, 0.4) is 0 Å². The number of primary amides is 2. The molecule has 0 aliphatic carbocycles. The second-order valence-electron chi connectivity index (χ2n) is 3.12. The molecular weight excluding hydrogens is 253 g/mol. The third-order valence-corrected chi connectivity index (χ3v) is 3.04. The van der Waals surface area contributed by atoms with Crippen LogP contribution in [0.15, 0.2) is 12.0 Å². The lowest BCUT2D eigenvalue weighted by Crippen LogP contribution is -2.42. The van der Waals surface area contributed by atoms with Crippen molar-refractivity contribution in [1.82, 2.24) is 4.90 Å². The van der Waals surface area contributed by atoms with Gasteiger partial charge in [-0.2, -0.15) is 4.39 Å². The smallest absolute Gasteiger partial charge is 0.321 e. The van der Waals surface area contributed by atoms with Crippen LogP contribution in [0.1, 0.15) is 0 Å². The Morgan fingerprint density at radius 3 is 2.65 bits per heavy atom. The molecule has 0 spiro atoms. The molecule has 3 amide bonds. The second kappa shape index (κ2) is 5.84. The lowest BCUT2D eigenvalue weighted by Gasteiger charge is -2.22. The van der Waals surface area contributed by atoms with Gasteiger partial charge in [-0.3, -0.25) is 9.69 Å². The number of nitrogens with two attached hydrogens (primary N) is 2. The number of thioether (sulfide) groups is 1. The molecule has 1 saturated heterocycles. The molecule has 0 aromatic rings. The molecule has 1 heterocycles. The van der Waals surface area contributed by atoms with Gasteiger partial charge < -0.3 is 21.3 Å². The first-order valence-corrected chi connectivity index (χ1v) is 5.63. The Morgan fingerprint density at radius 1 is 1.59 bits per heavy atom. The Balaban J connectivity index is 2.77. The van der Waals surface area contributed by atoms with Crippen LogP contribution >= 0.6 is 11.8 Å². The predicted octanol–water partition coefficient (Wildman–Crippen LogP) is -0.929. The molecule has 1 fully saturated rings. The van der Waals surface area contributed by atoms with E-state index in [1.54, 1.807) is 0 Å². The van der Waals surface area contributed by atoms with Gasteiger partial charge in [0.2, 0.25) is 5.83 Å². The van der Waals surface area contributed by atoms with Gasteiger partial charge in [-0.15, -0.1) is 11.8 Å². The Bertz CT molecular complexity index is 352. The Kier molecular flexibility index (Phi) is 4.73. The van der Waals surface area contributed by atoms with Gasteiger partial charge in [-0.1, -0.05) is 0 Å². The molecule has 1 aliphatic rings. The molecule has 2 atom stereocenters. The molecule has 1 aliphatic heterocycles. The maximum absolute atomic E-state index is 13.0. The number of ether oxygens (including phenoxy) is 1. The van der Waals surface area contributed by atoms with Crippen LogP contribution in [-0.2, 0) is 9.53 Å². The molecule has 0 aromatic carbocycles. The van der Waals surface area contributed by atoms with Crippen LogP contribution in [0, 0.1) is 0 Å². The first-order valence-electron chi connectivity index (χ1n) is 4.58. The fraction of sp³-hybridized carbons (Fsp3) is 0.500. The van der Waals surface area contributed by atoms with Crippen LogP contribution in [0.5, 0.6) is 0 Å². The van der Waals surface area contributed by atoms with Gasteiger partial charge in [-0.05, 0) is 0 Å². The van der Waals surface area contributed by atoms with E-state index in [0.717, 1.165) is 4.90 Å². The van der Waals surface area contributed by atoms with Gasteiger partial charge in [0.1, 0.15) is 11.7 Å². The van der Waals surface area contributed by atoms with Crippen molar-refractivity contribution in [2.45, 2.75) is 11.7 Å². The summed E-state index contributed by atoms with van der Waals surface area (Å²) in [4.78, 5) is 22.3. The van der Waals surface area contributed by atoms with Gasteiger partial charge in [0.25, 0.3) is 5.91 Å². The minimum atomic E-state index is -1.30. The van der Waals surface area contributed by atoms with E-state index in [1.165, 1.54) is 11.8 Å². The highest BCUT2D eigenvalue weighted by atomic mass is 32.2. The van der Waals surface area contributed by atoms with Crippen molar-refractivity contribution < 1.29 is 23.8 Å². The topological polar surface area (TPSA) is 119 Å². The van der Waals surface area contributed by atoms with Crippen LogP contribution in [0.2, 0.25) is 0 Å². The first-order chi connectivity index (χ1) is 7.95. The number of carbonyl (C=O) groups is 2. The molecule has 0 bridgehead atoms. The average molecular weight is 265 g/mol. The van der Waals surface area contributed by atoms with Crippen LogP contribution in [0.25, 0.3) is 0 Å². The molecule has 0 saturated carbocycles. The lowest BCUT2D eigenvalue weighted by molar-refractivity contribution is -0.116. The fourth-order valence-corrected chi connectivity index (χ4v) is 2.09. The van der Waals surface area contributed by atoms with Crippen LogP contribution in [0.4, 0.5) is 9.18 Å². The third kappa shape index (κ3) is 3.58. The zero-order chi connectivity index (χ0) is 13.0. The summed E-state index contributed by atoms with van der Waals surface area (Å²) in [7, 11) is 0. The molecule has 96 valence electrons. The van der Waals surface area contributed by atoms with E-state index >= 15 is 0 Å². The number of aliphatic hydroxyl groups is 1. The van der Waals surface area contributed by atoms with E-state index in [0.29, 0.717) is 12.0 Å². The highest BCUT2D eigenvalue weighted by Gasteiger charge is 2.32. The number of amides is 3. The summed E-state index contributed by atoms with van der Waals surface area (Å²) >= 11 is 1.24. The van der Waals surface area contributed by atoms with Crippen LogP contribution < -0.4 is 11.5 Å². The highest BCUT2D eigenvalue weighted by Crippen LogP contribution is 2.27. The van der Waals surface area contributed by atoms with Crippen molar-refractivity contribution in [2.24, 2.45) is 11.5 Å². The van der Waals surface area contributed by atoms with Crippen molar-refractivity contribution in [3.63, 3.8) is 0 Å². The zero-order valence-corrected chi connectivity index (χ0v) is 9.52. The van der Waals surface area contributed by atoms with E-state index in [4.69, 9.17) is 15.6 Å². The fourth-order valence-electron chi connectivity index (χ4n) is 1.16. The predicted molar refractivity (Wildman–Crippen MR) is 58.0 cm³/mol. The molecule has 9 heteroatoms. The quantitative estimate of drug-likeness (QED) is 0.567. The monoisotopic (exact) mass is 265 g/mol. The maximum Gasteiger partial charge on any atom is 0.321 e. The molecule has 5 N–H and O–H groups in total. The highest BCUT2D eigenvalue weighted by molar-refractivity contribution is 8.00. The summed E-state index contributed by atoms with van der Waals surface area (Å²) in [5, 5.41) is 8.83. The summed E-state index contributed by atoms with van der Waals surface area (Å²) in [5.41, 5.74) is 9.21. The van der Waals surface area contributed by atoms with Crippen molar-refractivity contribution in [2.75, 3.05) is 12.4 Å². The number of nitrogens with zero attached hydrogens (tertiary/aromatic N) is 1. The Morgan fingerprint density at radius 2 is 2.24 bits per heavy atom. The van der Waals surface area contributed by atoms with Gasteiger partial charge in [0, 0.05) is 5.75 Å². The summed E-state index contributed by atoms with van der Waals surface area (Å²) in [6, 6.07) is -0.981. The number of rotatable bonds is 4. The molecule has 0 unspecified atom stereocenters. The minimum absolute atomic E-state index is 0.240. The molecule has 7 nitrogen and oxygen atoms in total. The number of carbonyl (C=O) groups excluding carboxylic acids is 2. The van der Waals surface area contributed by atoms with Crippen molar-refractivity contribution in [3.05, 3.63) is 12.0 Å². The third-order valence-electron chi connectivity index (χ3n) is 1.94. The number of hydrogen-bond donors (Lipinski definition) is 3.